The van der Waals surface area contributed by atoms with E-state index in [1.54, 1.807) is 25.7 Å². The van der Waals surface area contributed by atoms with Gasteiger partial charge in [0, 0.05) is 12.1 Å². The first-order valence-electron chi connectivity index (χ1n) is 12.4. The summed E-state index contributed by atoms with van der Waals surface area (Å²) < 4.78 is 5.44. The van der Waals surface area contributed by atoms with Crippen molar-refractivity contribution >= 4 is 17.9 Å². The molecule has 0 radical (unpaired) electrons. The van der Waals surface area contributed by atoms with Crippen molar-refractivity contribution < 1.29 is 19.1 Å². The molecule has 0 fully saturated rings. The van der Waals surface area contributed by atoms with Crippen molar-refractivity contribution in [3.05, 3.63) is 35.4 Å². The molecule has 34 heavy (non-hydrogen) atoms. The van der Waals surface area contributed by atoms with E-state index in [1.165, 1.54) is 0 Å². The van der Waals surface area contributed by atoms with Gasteiger partial charge < -0.3 is 20.3 Å². The van der Waals surface area contributed by atoms with E-state index in [-0.39, 0.29) is 29.8 Å². The SMILES string of the molecule is CCC(C)C(NC(=O)OC(C)(C)C)C(=O)N(C(C)CC)C(C(=O)NC(C)C)c1ccc(C)cc1. The molecule has 7 heteroatoms. The Balaban J connectivity index is 3.53. The summed E-state index contributed by atoms with van der Waals surface area (Å²) in [5, 5.41) is 5.77. The van der Waals surface area contributed by atoms with E-state index in [2.05, 4.69) is 10.6 Å². The van der Waals surface area contributed by atoms with E-state index in [0.29, 0.717) is 12.8 Å². The first kappa shape index (κ1) is 29.5. The molecule has 0 spiro atoms. The Kier molecular flexibility index (Phi) is 11.1. The van der Waals surface area contributed by atoms with Crippen LogP contribution in [0.25, 0.3) is 0 Å². The minimum Gasteiger partial charge on any atom is -0.444 e. The summed E-state index contributed by atoms with van der Waals surface area (Å²) in [6, 6.07) is 5.70. The van der Waals surface area contributed by atoms with Gasteiger partial charge in [0.15, 0.2) is 0 Å². The second kappa shape index (κ2) is 12.8. The zero-order valence-corrected chi connectivity index (χ0v) is 22.7. The molecule has 0 bridgehead atoms. The molecule has 0 aliphatic heterocycles. The van der Waals surface area contributed by atoms with Crippen molar-refractivity contribution in [1.29, 1.82) is 0 Å². The molecule has 0 aliphatic carbocycles. The molecule has 0 aliphatic rings. The highest BCUT2D eigenvalue weighted by Crippen LogP contribution is 2.28. The van der Waals surface area contributed by atoms with Crippen molar-refractivity contribution in [1.82, 2.24) is 15.5 Å². The van der Waals surface area contributed by atoms with Crippen LogP contribution in [-0.4, -0.2) is 46.5 Å². The highest BCUT2D eigenvalue weighted by molar-refractivity contribution is 5.92. The van der Waals surface area contributed by atoms with E-state index >= 15 is 0 Å². The van der Waals surface area contributed by atoms with Gasteiger partial charge >= 0.3 is 6.09 Å². The molecular formula is C27H45N3O4. The van der Waals surface area contributed by atoms with Crippen molar-refractivity contribution in [3.8, 4) is 0 Å². The number of nitrogens with zero attached hydrogens (tertiary/aromatic N) is 1. The first-order valence-corrected chi connectivity index (χ1v) is 12.4. The molecule has 4 unspecified atom stereocenters. The van der Waals surface area contributed by atoms with Crippen LogP contribution in [0, 0.1) is 12.8 Å². The van der Waals surface area contributed by atoms with Crippen LogP contribution < -0.4 is 10.6 Å². The minimum absolute atomic E-state index is 0.0837. The second-order valence-electron chi connectivity index (χ2n) is 10.5. The minimum atomic E-state index is -0.825. The second-order valence-corrected chi connectivity index (χ2v) is 10.5. The number of aryl methyl sites for hydroxylation is 1. The fourth-order valence-electron chi connectivity index (χ4n) is 3.62. The van der Waals surface area contributed by atoms with Crippen molar-refractivity contribution in [2.75, 3.05) is 0 Å². The molecule has 0 saturated heterocycles. The van der Waals surface area contributed by atoms with Gasteiger partial charge in [0.1, 0.15) is 17.7 Å². The Bertz CT molecular complexity index is 814. The number of benzene rings is 1. The molecule has 0 saturated carbocycles. The molecule has 0 aromatic heterocycles. The number of carbonyl (C=O) groups excluding carboxylic acids is 3. The quantitative estimate of drug-likeness (QED) is 0.491. The van der Waals surface area contributed by atoms with E-state index in [1.807, 2.05) is 72.7 Å². The standard InChI is InChI=1S/C27H45N3O4/c1-11-19(6)22(29-26(33)34-27(8,9)10)25(32)30(20(7)12-2)23(24(31)28-17(3)4)21-15-13-18(5)14-16-21/h13-17,19-20,22-23H,11-12H2,1-10H3,(H,28,31)(H,29,33). The normalized spacial score (nSPS) is 15.1. The van der Waals surface area contributed by atoms with E-state index < -0.39 is 23.8 Å². The zero-order chi connectivity index (χ0) is 26.2. The van der Waals surface area contributed by atoms with Crippen LogP contribution in [0.3, 0.4) is 0 Å². The lowest BCUT2D eigenvalue weighted by molar-refractivity contribution is -0.146. The van der Waals surface area contributed by atoms with Crippen LogP contribution in [0.15, 0.2) is 24.3 Å². The lowest BCUT2D eigenvalue weighted by atomic mass is 9.94. The Morgan fingerprint density at radius 3 is 1.94 bits per heavy atom. The smallest absolute Gasteiger partial charge is 0.408 e. The van der Waals surface area contributed by atoms with Gasteiger partial charge in [-0.25, -0.2) is 4.79 Å². The topological polar surface area (TPSA) is 87.7 Å². The number of ether oxygens (including phenoxy) is 1. The van der Waals surface area contributed by atoms with Gasteiger partial charge in [-0.15, -0.1) is 0 Å². The van der Waals surface area contributed by atoms with Crippen LogP contribution >= 0.6 is 0 Å². The third-order valence-corrected chi connectivity index (χ3v) is 5.82. The Morgan fingerprint density at radius 1 is 0.941 bits per heavy atom. The number of hydrogen-bond acceptors (Lipinski definition) is 4. The van der Waals surface area contributed by atoms with Gasteiger partial charge in [0.25, 0.3) is 0 Å². The molecule has 4 atom stereocenters. The van der Waals surface area contributed by atoms with Gasteiger partial charge in [-0.3, -0.25) is 9.59 Å². The molecule has 3 amide bonds. The van der Waals surface area contributed by atoms with Gasteiger partial charge in [0.2, 0.25) is 11.8 Å². The van der Waals surface area contributed by atoms with Crippen molar-refractivity contribution in [2.24, 2.45) is 5.92 Å². The molecule has 1 aromatic rings. The van der Waals surface area contributed by atoms with Gasteiger partial charge in [0.05, 0.1) is 0 Å². The first-order chi connectivity index (χ1) is 15.7. The average molecular weight is 476 g/mol. The maximum atomic E-state index is 14.1. The van der Waals surface area contributed by atoms with E-state index in [9.17, 15) is 14.4 Å². The number of amides is 3. The van der Waals surface area contributed by atoms with E-state index in [0.717, 1.165) is 11.1 Å². The summed E-state index contributed by atoms with van der Waals surface area (Å²) in [5.74, 6) is -0.690. The van der Waals surface area contributed by atoms with Gasteiger partial charge in [-0.2, -0.15) is 0 Å². The van der Waals surface area contributed by atoms with Crippen LogP contribution in [0.2, 0.25) is 0 Å². The van der Waals surface area contributed by atoms with Gasteiger partial charge in [-0.05, 0) is 66.4 Å². The average Bonchev–Trinajstić information content (AvgIpc) is 2.73. The van der Waals surface area contributed by atoms with Gasteiger partial charge in [-0.1, -0.05) is 57.0 Å². The monoisotopic (exact) mass is 475 g/mol. The summed E-state index contributed by atoms with van der Waals surface area (Å²) in [6.07, 6.45) is 0.685. The summed E-state index contributed by atoms with van der Waals surface area (Å²) in [6.45, 7) is 18.9. The maximum absolute atomic E-state index is 14.1. The highest BCUT2D eigenvalue weighted by atomic mass is 16.6. The maximum Gasteiger partial charge on any atom is 0.408 e. The van der Waals surface area contributed by atoms with Crippen molar-refractivity contribution in [3.63, 3.8) is 0 Å². The summed E-state index contributed by atoms with van der Waals surface area (Å²) in [5.41, 5.74) is 1.11. The molecule has 2 N–H and O–H groups in total. The largest absolute Gasteiger partial charge is 0.444 e. The Morgan fingerprint density at radius 2 is 1.50 bits per heavy atom. The third-order valence-electron chi connectivity index (χ3n) is 5.82. The molecule has 0 heterocycles. The predicted octanol–water partition coefficient (Wildman–Crippen LogP) is 5.13. The van der Waals surface area contributed by atoms with Crippen LogP contribution in [0.4, 0.5) is 4.79 Å². The molecule has 7 nitrogen and oxygen atoms in total. The third kappa shape index (κ3) is 8.65. The number of nitrogens with one attached hydrogen (secondary N) is 2. The number of alkyl carbamates (subject to hydrolysis) is 1. The Hall–Kier alpha value is -2.57. The number of carbonyl (C=O) groups is 3. The number of rotatable bonds is 10. The number of hydrogen-bond donors (Lipinski definition) is 2. The van der Waals surface area contributed by atoms with E-state index in [4.69, 9.17) is 4.74 Å². The van der Waals surface area contributed by atoms with Crippen molar-refractivity contribution in [2.45, 2.75) is 112 Å². The molecule has 1 rings (SSSR count). The molecule has 1 aromatic carbocycles. The lowest BCUT2D eigenvalue weighted by Gasteiger charge is -2.39. The predicted molar refractivity (Wildman–Crippen MR) is 136 cm³/mol. The lowest BCUT2D eigenvalue weighted by Crippen LogP contribution is -2.57. The summed E-state index contributed by atoms with van der Waals surface area (Å²) in [4.78, 5) is 41.8. The van der Waals surface area contributed by atoms with Crippen LogP contribution in [0.5, 0.6) is 0 Å². The summed E-state index contributed by atoms with van der Waals surface area (Å²) in [7, 11) is 0. The zero-order valence-electron chi connectivity index (χ0n) is 22.7. The highest BCUT2D eigenvalue weighted by Gasteiger charge is 2.40. The van der Waals surface area contributed by atoms with Crippen LogP contribution in [-0.2, 0) is 14.3 Å². The van der Waals surface area contributed by atoms with Crippen LogP contribution in [0.1, 0.15) is 92.3 Å². The Labute approximate surface area is 206 Å². The molecule has 192 valence electrons. The fourth-order valence-corrected chi connectivity index (χ4v) is 3.62. The molecular weight excluding hydrogens is 430 g/mol. The fraction of sp³-hybridized carbons (Fsp3) is 0.667. The summed E-state index contributed by atoms with van der Waals surface area (Å²) >= 11 is 0.